The Morgan fingerprint density at radius 3 is 2.44 bits per heavy atom. The predicted molar refractivity (Wildman–Crippen MR) is 127 cm³/mol. The number of amides is 1. The summed E-state index contributed by atoms with van der Waals surface area (Å²) in [4.78, 5) is 15.5. The first-order chi connectivity index (χ1) is 16.6. The third kappa shape index (κ3) is 4.08. The minimum Gasteiger partial charge on any atom is -0.485 e. The number of halogens is 3. The highest BCUT2D eigenvalue weighted by atomic mass is 32.2. The van der Waals surface area contributed by atoms with Gasteiger partial charge < -0.3 is 14.7 Å². The fourth-order valence-corrected chi connectivity index (χ4v) is 6.38. The van der Waals surface area contributed by atoms with Gasteiger partial charge in [0.05, 0.1) is 34.7 Å². The van der Waals surface area contributed by atoms with E-state index in [2.05, 4.69) is 0 Å². The van der Waals surface area contributed by atoms with Crippen molar-refractivity contribution in [1.29, 1.82) is 5.26 Å². The predicted octanol–water partition coefficient (Wildman–Crippen LogP) is 3.41. The average molecular weight is 540 g/mol. The Bertz CT molecular complexity index is 1430. The van der Waals surface area contributed by atoms with Crippen molar-refractivity contribution < 1.29 is 36.2 Å². The molecular formula is C23H20F3N3O5S2. The number of carbonyl (C=O) groups excluding carboxylic acids is 1. The normalized spacial score (nSPS) is 21.6. The van der Waals surface area contributed by atoms with E-state index in [1.807, 2.05) is 0 Å². The van der Waals surface area contributed by atoms with E-state index in [-0.39, 0.29) is 27.1 Å². The second kappa shape index (κ2) is 8.43. The van der Waals surface area contributed by atoms with Crippen molar-refractivity contribution in [3.63, 3.8) is 0 Å². The molecule has 190 valence electrons. The summed E-state index contributed by atoms with van der Waals surface area (Å²) in [6.45, 7) is 4.42. The molecule has 2 aliphatic rings. The smallest absolute Gasteiger partial charge is 0.417 e. The summed E-state index contributed by atoms with van der Waals surface area (Å²) in [5.41, 5.74) is -3.17. The first-order valence-electron chi connectivity index (χ1n) is 10.6. The number of aliphatic hydroxyl groups is 1. The second-order valence-corrected chi connectivity index (χ2v) is 11.3. The van der Waals surface area contributed by atoms with Gasteiger partial charge in [-0.05, 0) is 69.4 Å². The lowest BCUT2D eigenvalue weighted by Gasteiger charge is -2.32. The van der Waals surface area contributed by atoms with E-state index in [1.165, 1.54) is 56.0 Å². The topological polar surface area (TPSA) is 111 Å². The van der Waals surface area contributed by atoms with Gasteiger partial charge in [0.25, 0.3) is 5.91 Å². The van der Waals surface area contributed by atoms with E-state index < -0.39 is 56.5 Å². The molecule has 2 aromatic carbocycles. The lowest BCUT2D eigenvalue weighted by Crippen LogP contribution is -2.44. The molecule has 0 spiro atoms. The largest absolute Gasteiger partial charge is 0.485 e. The molecule has 1 saturated heterocycles. The zero-order valence-corrected chi connectivity index (χ0v) is 20.8. The molecule has 0 bridgehead atoms. The summed E-state index contributed by atoms with van der Waals surface area (Å²) in [5, 5.41) is 18.7. The van der Waals surface area contributed by atoms with E-state index in [0.29, 0.717) is 6.07 Å². The summed E-state index contributed by atoms with van der Waals surface area (Å²) in [6.07, 6.45) is -6.82. The summed E-state index contributed by atoms with van der Waals surface area (Å²) < 4.78 is 71.9. The third-order valence-electron chi connectivity index (χ3n) is 6.08. The van der Waals surface area contributed by atoms with Crippen LogP contribution in [0.4, 0.5) is 24.5 Å². The Kier molecular flexibility index (Phi) is 6.06. The van der Waals surface area contributed by atoms with E-state index in [9.17, 15) is 31.5 Å². The minimum atomic E-state index is -4.84. The van der Waals surface area contributed by atoms with Gasteiger partial charge in [0.2, 0.25) is 0 Å². The molecule has 0 saturated carbocycles. The van der Waals surface area contributed by atoms with E-state index in [4.69, 9.17) is 22.2 Å². The van der Waals surface area contributed by atoms with Crippen molar-refractivity contribution in [2.24, 2.45) is 0 Å². The van der Waals surface area contributed by atoms with E-state index in [0.717, 1.165) is 11.0 Å². The Morgan fingerprint density at radius 2 is 1.86 bits per heavy atom. The number of nitrogens with zero attached hydrogens (tertiary/aromatic N) is 3. The highest BCUT2D eigenvalue weighted by Gasteiger charge is 2.51. The van der Waals surface area contributed by atoms with Gasteiger partial charge in [0.15, 0.2) is 14.9 Å². The third-order valence-corrected chi connectivity index (χ3v) is 8.20. The molecule has 0 radical (unpaired) electrons. The molecular weight excluding hydrogens is 519 g/mol. The van der Waals surface area contributed by atoms with Gasteiger partial charge in [-0.2, -0.15) is 18.4 Å². The number of alkyl halides is 3. The Labute approximate surface area is 210 Å². The van der Waals surface area contributed by atoms with Crippen molar-refractivity contribution in [3.05, 3.63) is 47.5 Å². The minimum absolute atomic E-state index is 0.0314. The number of rotatable bonds is 3. The van der Waals surface area contributed by atoms with E-state index in [1.54, 1.807) is 0 Å². The maximum atomic E-state index is 13.5. The highest BCUT2D eigenvalue weighted by molar-refractivity contribution is 7.91. The molecule has 1 fully saturated rings. The molecule has 2 aliphatic heterocycles. The molecule has 36 heavy (non-hydrogen) atoms. The molecule has 2 aromatic rings. The summed E-state index contributed by atoms with van der Waals surface area (Å²) in [5.74, 6) is -1.06. The molecule has 1 amide bonds. The van der Waals surface area contributed by atoms with Crippen LogP contribution in [0, 0.1) is 11.3 Å². The van der Waals surface area contributed by atoms with E-state index >= 15 is 0 Å². The van der Waals surface area contributed by atoms with Crippen LogP contribution >= 0.6 is 12.2 Å². The number of hydrogen-bond donors (Lipinski definition) is 1. The molecule has 2 atom stereocenters. The van der Waals surface area contributed by atoms with Gasteiger partial charge in [0, 0.05) is 5.69 Å². The number of thiocarbonyl (C=S) groups is 1. The zero-order valence-electron chi connectivity index (χ0n) is 19.2. The first-order valence-corrected chi connectivity index (χ1v) is 12.7. The number of sulfone groups is 1. The van der Waals surface area contributed by atoms with Crippen LogP contribution in [0.5, 0.6) is 5.75 Å². The number of aliphatic hydroxyl groups excluding tert-OH is 1. The fraction of sp³-hybridized carbons (Fsp3) is 0.348. The highest BCUT2D eigenvalue weighted by Crippen LogP contribution is 2.42. The van der Waals surface area contributed by atoms with Crippen LogP contribution in [0.15, 0.2) is 41.3 Å². The van der Waals surface area contributed by atoms with Crippen LogP contribution in [0.2, 0.25) is 0 Å². The van der Waals surface area contributed by atoms with Gasteiger partial charge in [-0.1, -0.05) is 0 Å². The van der Waals surface area contributed by atoms with Crippen molar-refractivity contribution >= 4 is 44.4 Å². The van der Waals surface area contributed by atoms with Crippen molar-refractivity contribution in [3.8, 4) is 11.8 Å². The fourth-order valence-electron chi connectivity index (χ4n) is 4.18. The number of carbonyl (C=O) groups is 1. The second-order valence-electron chi connectivity index (χ2n) is 8.97. The van der Waals surface area contributed by atoms with Gasteiger partial charge in [-0.15, -0.1) is 0 Å². The Morgan fingerprint density at radius 1 is 1.22 bits per heavy atom. The average Bonchev–Trinajstić information content (AvgIpc) is 2.95. The Balaban J connectivity index is 1.79. The standard InChI is InChI=1S/C23H20F3N3O5S2/c1-12(30)18-11-36(32,33)19-9-15(6-7-17(19)34-18)29-21(35)28(20(31)22(29,2)3)14-5-4-13(10-27)16(8-14)23(24,25)26/h4-9,12,18,30H,11H2,1-3H3/t12-,18-/m0/s1. The monoisotopic (exact) mass is 539 g/mol. The lowest BCUT2D eigenvalue weighted by molar-refractivity contribution is -0.137. The number of anilines is 2. The van der Waals surface area contributed by atoms with Crippen molar-refractivity contribution in [1.82, 2.24) is 0 Å². The maximum Gasteiger partial charge on any atom is 0.417 e. The maximum absolute atomic E-state index is 13.5. The zero-order chi connectivity index (χ0) is 26.8. The van der Waals surface area contributed by atoms with Crippen LogP contribution < -0.4 is 14.5 Å². The van der Waals surface area contributed by atoms with Gasteiger partial charge in [-0.25, -0.2) is 8.42 Å². The van der Waals surface area contributed by atoms with Gasteiger partial charge in [0.1, 0.15) is 22.3 Å². The Hall–Kier alpha value is -3.21. The first kappa shape index (κ1) is 25.9. The summed E-state index contributed by atoms with van der Waals surface area (Å²) in [7, 11) is -3.86. The molecule has 0 aliphatic carbocycles. The lowest BCUT2D eigenvalue weighted by atomic mass is 10.0. The molecule has 2 heterocycles. The molecule has 8 nitrogen and oxygen atoms in total. The van der Waals surface area contributed by atoms with Crippen LogP contribution in [0.25, 0.3) is 0 Å². The number of fused-ring (bicyclic) bond motifs is 1. The molecule has 0 unspecified atom stereocenters. The van der Waals surface area contributed by atoms with Crippen LogP contribution in [-0.4, -0.2) is 48.0 Å². The number of ether oxygens (including phenoxy) is 1. The molecule has 1 N–H and O–H groups in total. The van der Waals surface area contributed by atoms with Gasteiger partial charge >= 0.3 is 6.18 Å². The molecule has 0 aromatic heterocycles. The van der Waals surface area contributed by atoms with Crippen LogP contribution in [0.3, 0.4) is 0 Å². The van der Waals surface area contributed by atoms with Crippen molar-refractivity contribution in [2.75, 3.05) is 15.6 Å². The van der Waals surface area contributed by atoms with Gasteiger partial charge in [-0.3, -0.25) is 9.69 Å². The summed E-state index contributed by atoms with van der Waals surface area (Å²) >= 11 is 5.49. The molecule has 13 heteroatoms. The van der Waals surface area contributed by atoms with Crippen LogP contribution in [0.1, 0.15) is 31.9 Å². The number of hydrogen-bond acceptors (Lipinski definition) is 7. The van der Waals surface area contributed by atoms with Crippen LogP contribution in [-0.2, 0) is 20.8 Å². The summed E-state index contributed by atoms with van der Waals surface area (Å²) in [6, 6.07) is 8.47. The SMILES string of the molecule is C[C@H](O)[C@@H]1CS(=O)(=O)c2cc(N3C(=S)N(c4ccc(C#N)c(C(F)(F)F)c4)C(=O)C3(C)C)ccc2O1. The number of nitriles is 1. The number of benzene rings is 2. The van der Waals surface area contributed by atoms with Crippen molar-refractivity contribution in [2.45, 2.75) is 49.6 Å². The molecule has 4 rings (SSSR count). The quantitative estimate of drug-likeness (QED) is 0.591.